The molecule has 1 nitrogen and oxygen atoms in total. The minimum absolute atomic E-state index is 0.595. The molecule has 3 unspecified atom stereocenters. The third kappa shape index (κ3) is 3.16. The Balaban J connectivity index is 2.06. The van der Waals surface area contributed by atoms with Crippen LogP contribution in [0.15, 0.2) is 18.2 Å². The van der Waals surface area contributed by atoms with Crippen molar-refractivity contribution in [1.82, 2.24) is 0 Å². The maximum atomic E-state index is 6.16. The molecule has 1 aromatic carbocycles. The molecule has 17 heavy (non-hydrogen) atoms. The summed E-state index contributed by atoms with van der Waals surface area (Å²) < 4.78 is 0. The van der Waals surface area contributed by atoms with E-state index in [4.69, 9.17) is 11.6 Å². The van der Waals surface area contributed by atoms with Gasteiger partial charge >= 0.3 is 0 Å². The number of benzene rings is 1. The van der Waals surface area contributed by atoms with Gasteiger partial charge in [-0.05, 0) is 49.3 Å². The summed E-state index contributed by atoms with van der Waals surface area (Å²) in [5, 5.41) is 4.50. The zero-order chi connectivity index (χ0) is 12.4. The Labute approximate surface area is 110 Å². The largest absolute Gasteiger partial charge is 0.382 e. The Morgan fingerprint density at radius 3 is 2.71 bits per heavy atom. The number of hydrogen-bond donors (Lipinski definition) is 1. The van der Waals surface area contributed by atoms with E-state index < -0.39 is 0 Å². The maximum Gasteiger partial charge on any atom is 0.0455 e. The van der Waals surface area contributed by atoms with Crippen molar-refractivity contribution in [2.75, 3.05) is 5.32 Å². The highest BCUT2D eigenvalue weighted by Crippen LogP contribution is 2.31. The van der Waals surface area contributed by atoms with Crippen LogP contribution in [-0.2, 0) is 0 Å². The summed E-state index contributed by atoms with van der Waals surface area (Å²) >= 11 is 6.16. The molecule has 0 aromatic heterocycles. The quantitative estimate of drug-likeness (QED) is 0.790. The van der Waals surface area contributed by atoms with Gasteiger partial charge in [-0.3, -0.25) is 0 Å². The number of anilines is 1. The van der Waals surface area contributed by atoms with Gasteiger partial charge in [0.1, 0.15) is 0 Å². The van der Waals surface area contributed by atoms with Crippen LogP contribution in [0.25, 0.3) is 0 Å². The van der Waals surface area contributed by atoms with Crippen LogP contribution in [0.3, 0.4) is 0 Å². The normalized spacial score (nSPS) is 29.1. The molecule has 0 heterocycles. The average Bonchev–Trinajstić information content (AvgIpc) is 2.29. The van der Waals surface area contributed by atoms with Crippen LogP contribution in [0.5, 0.6) is 0 Å². The summed E-state index contributed by atoms with van der Waals surface area (Å²) in [6.07, 6.45) is 3.97. The van der Waals surface area contributed by atoms with Crippen LogP contribution in [0, 0.1) is 18.8 Å². The Morgan fingerprint density at radius 1 is 1.24 bits per heavy atom. The zero-order valence-electron chi connectivity index (χ0n) is 11.0. The van der Waals surface area contributed by atoms with Crippen molar-refractivity contribution < 1.29 is 0 Å². The van der Waals surface area contributed by atoms with E-state index in [1.807, 2.05) is 13.0 Å². The van der Waals surface area contributed by atoms with E-state index in [1.165, 1.54) is 19.3 Å². The lowest BCUT2D eigenvalue weighted by Gasteiger charge is -2.34. The predicted octanol–water partition coefficient (Wildman–Crippen LogP) is 4.89. The van der Waals surface area contributed by atoms with E-state index >= 15 is 0 Å². The molecule has 0 saturated heterocycles. The van der Waals surface area contributed by atoms with Crippen LogP contribution in [-0.4, -0.2) is 6.04 Å². The van der Waals surface area contributed by atoms with Crippen LogP contribution in [0.2, 0.25) is 5.02 Å². The molecule has 2 heteroatoms. The molecule has 0 radical (unpaired) electrons. The van der Waals surface area contributed by atoms with Crippen LogP contribution >= 0.6 is 11.6 Å². The second-order valence-electron chi connectivity index (χ2n) is 5.61. The van der Waals surface area contributed by atoms with Gasteiger partial charge in [0.05, 0.1) is 0 Å². The summed E-state index contributed by atoms with van der Waals surface area (Å²) in [7, 11) is 0. The standard InChI is InChI=1S/C15H22ClN/c1-10-4-5-12(3)15(8-10)17-13-7-6-11(2)14(16)9-13/h6-7,9-10,12,15,17H,4-5,8H2,1-3H3. The van der Waals surface area contributed by atoms with Gasteiger partial charge in [-0.25, -0.2) is 0 Å². The molecule has 2 rings (SSSR count). The van der Waals surface area contributed by atoms with Crippen molar-refractivity contribution in [3.8, 4) is 0 Å². The highest BCUT2D eigenvalue weighted by molar-refractivity contribution is 6.31. The Kier molecular flexibility index (Phi) is 3.98. The maximum absolute atomic E-state index is 6.16. The van der Waals surface area contributed by atoms with E-state index in [0.717, 1.165) is 28.1 Å². The van der Waals surface area contributed by atoms with Gasteiger partial charge in [-0.1, -0.05) is 37.9 Å². The monoisotopic (exact) mass is 251 g/mol. The number of halogens is 1. The molecule has 1 aromatic rings. The minimum Gasteiger partial charge on any atom is -0.382 e. The number of nitrogens with one attached hydrogen (secondary N) is 1. The van der Waals surface area contributed by atoms with Crippen molar-refractivity contribution >= 4 is 17.3 Å². The number of hydrogen-bond acceptors (Lipinski definition) is 1. The summed E-state index contributed by atoms with van der Waals surface area (Å²) in [6, 6.07) is 6.86. The van der Waals surface area contributed by atoms with Gasteiger partial charge in [0.2, 0.25) is 0 Å². The van der Waals surface area contributed by atoms with Gasteiger partial charge in [0.25, 0.3) is 0 Å². The van der Waals surface area contributed by atoms with E-state index in [0.29, 0.717) is 6.04 Å². The number of rotatable bonds is 2. The lowest BCUT2D eigenvalue weighted by Crippen LogP contribution is -2.33. The molecular weight excluding hydrogens is 230 g/mol. The summed E-state index contributed by atoms with van der Waals surface area (Å²) in [4.78, 5) is 0. The lowest BCUT2D eigenvalue weighted by molar-refractivity contribution is 0.281. The van der Waals surface area contributed by atoms with Gasteiger partial charge in [0.15, 0.2) is 0 Å². The molecular formula is C15H22ClN. The first-order valence-electron chi connectivity index (χ1n) is 6.59. The third-order valence-electron chi connectivity index (χ3n) is 3.98. The van der Waals surface area contributed by atoms with Gasteiger partial charge in [-0.2, -0.15) is 0 Å². The van der Waals surface area contributed by atoms with Gasteiger partial charge in [0, 0.05) is 16.8 Å². The Morgan fingerprint density at radius 2 is 2.00 bits per heavy atom. The second kappa shape index (κ2) is 5.30. The summed E-state index contributed by atoms with van der Waals surface area (Å²) in [6.45, 7) is 6.74. The fourth-order valence-corrected chi connectivity index (χ4v) is 2.81. The Bertz CT molecular complexity index is 389. The fraction of sp³-hybridized carbons (Fsp3) is 0.600. The van der Waals surface area contributed by atoms with Crippen LogP contribution < -0.4 is 5.32 Å². The van der Waals surface area contributed by atoms with Crippen molar-refractivity contribution in [3.63, 3.8) is 0 Å². The first-order valence-corrected chi connectivity index (χ1v) is 6.96. The first-order chi connectivity index (χ1) is 8.06. The van der Waals surface area contributed by atoms with E-state index in [-0.39, 0.29) is 0 Å². The molecule has 1 saturated carbocycles. The van der Waals surface area contributed by atoms with Crippen molar-refractivity contribution in [2.45, 2.75) is 46.1 Å². The fourth-order valence-electron chi connectivity index (χ4n) is 2.63. The molecule has 1 fully saturated rings. The van der Waals surface area contributed by atoms with Gasteiger partial charge in [-0.15, -0.1) is 0 Å². The molecule has 0 bridgehead atoms. The van der Waals surface area contributed by atoms with E-state index in [1.54, 1.807) is 0 Å². The molecule has 94 valence electrons. The molecule has 1 aliphatic rings. The highest BCUT2D eigenvalue weighted by atomic mass is 35.5. The average molecular weight is 252 g/mol. The first kappa shape index (κ1) is 12.8. The predicted molar refractivity (Wildman–Crippen MR) is 75.8 cm³/mol. The van der Waals surface area contributed by atoms with E-state index in [2.05, 4.69) is 31.3 Å². The minimum atomic E-state index is 0.595. The molecule has 3 atom stereocenters. The van der Waals surface area contributed by atoms with Gasteiger partial charge < -0.3 is 5.32 Å². The summed E-state index contributed by atoms with van der Waals surface area (Å²) in [5.74, 6) is 1.59. The topological polar surface area (TPSA) is 12.0 Å². The van der Waals surface area contributed by atoms with Crippen molar-refractivity contribution in [3.05, 3.63) is 28.8 Å². The van der Waals surface area contributed by atoms with Crippen molar-refractivity contribution in [1.29, 1.82) is 0 Å². The highest BCUT2D eigenvalue weighted by Gasteiger charge is 2.25. The smallest absolute Gasteiger partial charge is 0.0455 e. The SMILES string of the molecule is Cc1ccc(NC2CC(C)CCC2C)cc1Cl. The molecule has 1 aliphatic carbocycles. The molecule has 1 N–H and O–H groups in total. The Hall–Kier alpha value is -0.690. The summed E-state index contributed by atoms with van der Waals surface area (Å²) in [5.41, 5.74) is 2.30. The van der Waals surface area contributed by atoms with Crippen LogP contribution in [0.1, 0.15) is 38.7 Å². The molecule has 0 aliphatic heterocycles. The van der Waals surface area contributed by atoms with Crippen LogP contribution in [0.4, 0.5) is 5.69 Å². The lowest BCUT2D eigenvalue weighted by atomic mass is 9.80. The zero-order valence-corrected chi connectivity index (χ0v) is 11.7. The third-order valence-corrected chi connectivity index (χ3v) is 4.39. The molecule has 0 spiro atoms. The molecule has 0 amide bonds. The van der Waals surface area contributed by atoms with E-state index in [9.17, 15) is 0 Å². The van der Waals surface area contributed by atoms with Crippen molar-refractivity contribution in [2.24, 2.45) is 11.8 Å². The number of aryl methyl sites for hydroxylation is 1. The second-order valence-corrected chi connectivity index (χ2v) is 6.02.